The van der Waals surface area contributed by atoms with E-state index in [1.165, 1.54) is 6.08 Å². The third-order valence-corrected chi connectivity index (χ3v) is 4.76. The number of nitrogens with one attached hydrogen (secondary N) is 1. The summed E-state index contributed by atoms with van der Waals surface area (Å²) in [6.07, 6.45) is 4.76. The molecule has 1 heterocycles. The van der Waals surface area contributed by atoms with Crippen LogP contribution in [0, 0.1) is 0 Å². The van der Waals surface area contributed by atoms with Gasteiger partial charge in [0, 0.05) is 19.0 Å². The molecule has 4 heteroatoms. The molecule has 0 aromatic heterocycles. The van der Waals surface area contributed by atoms with Crippen LogP contribution >= 0.6 is 0 Å². The summed E-state index contributed by atoms with van der Waals surface area (Å²) in [7, 11) is 0. The van der Waals surface area contributed by atoms with Crippen molar-refractivity contribution in [3.63, 3.8) is 0 Å². The first-order valence-electron chi connectivity index (χ1n) is 9.08. The maximum atomic E-state index is 12.5. The van der Waals surface area contributed by atoms with E-state index < -0.39 is 0 Å². The first-order valence-corrected chi connectivity index (χ1v) is 9.08. The SMILES string of the molecule is O=C(/C=C/c1cccc2ccccc12)Nc1ccccc1N1CCCC1=O. The van der Waals surface area contributed by atoms with Crippen LogP contribution in [-0.2, 0) is 9.59 Å². The lowest BCUT2D eigenvalue weighted by molar-refractivity contribution is -0.117. The Morgan fingerprint density at radius 3 is 2.59 bits per heavy atom. The lowest BCUT2D eigenvalue weighted by Crippen LogP contribution is -2.25. The van der Waals surface area contributed by atoms with Gasteiger partial charge in [-0.1, -0.05) is 54.6 Å². The molecule has 1 N–H and O–H groups in total. The number of carbonyl (C=O) groups excluding carboxylic acids is 2. The van der Waals surface area contributed by atoms with E-state index in [0.29, 0.717) is 18.7 Å². The monoisotopic (exact) mass is 356 g/mol. The van der Waals surface area contributed by atoms with Gasteiger partial charge in [-0.2, -0.15) is 0 Å². The highest BCUT2D eigenvalue weighted by molar-refractivity contribution is 6.07. The Morgan fingerprint density at radius 2 is 1.74 bits per heavy atom. The Hall–Kier alpha value is -3.40. The molecule has 0 spiro atoms. The maximum Gasteiger partial charge on any atom is 0.248 e. The number of carbonyl (C=O) groups is 2. The molecule has 1 aliphatic rings. The summed E-state index contributed by atoms with van der Waals surface area (Å²) in [6, 6.07) is 21.5. The molecule has 0 atom stereocenters. The Bertz CT molecular complexity index is 1030. The molecule has 3 aromatic carbocycles. The van der Waals surface area contributed by atoms with Crippen molar-refractivity contribution in [2.24, 2.45) is 0 Å². The summed E-state index contributed by atoms with van der Waals surface area (Å²) in [5, 5.41) is 5.15. The van der Waals surface area contributed by atoms with E-state index in [4.69, 9.17) is 0 Å². The van der Waals surface area contributed by atoms with Crippen molar-refractivity contribution in [1.29, 1.82) is 0 Å². The highest BCUT2D eigenvalue weighted by Crippen LogP contribution is 2.29. The van der Waals surface area contributed by atoms with Gasteiger partial charge in [0.2, 0.25) is 11.8 Å². The van der Waals surface area contributed by atoms with Crippen molar-refractivity contribution in [2.75, 3.05) is 16.8 Å². The molecule has 3 aromatic rings. The summed E-state index contributed by atoms with van der Waals surface area (Å²) in [5.41, 5.74) is 2.40. The summed E-state index contributed by atoms with van der Waals surface area (Å²) in [4.78, 5) is 26.3. The molecule has 1 fully saturated rings. The quantitative estimate of drug-likeness (QED) is 0.694. The van der Waals surface area contributed by atoms with Gasteiger partial charge < -0.3 is 10.2 Å². The number of rotatable bonds is 4. The van der Waals surface area contributed by atoms with Crippen LogP contribution < -0.4 is 10.2 Å². The molecule has 0 aliphatic carbocycles. The van der Waals surface area contributed by atoms with E-state index in [-0.39, 0.29) is 11.8 Å². The zero-order chi connectivity index (χ0) is 18.6. The van der Waals surface area contributed by atoms with Crippen LogP contribution in [-0.4, -0.2) is 18.4 Å². The van der Waals surface area contributed by atoms with Crippen molar-refractivity contribution in [1.82, 2.24) is 0 Å². The van der Waals surface area contributed by atoms with Gasteiger partial charge in [0.25, 0.3) is 0 Å². The summed E-state index contributed by atoms with van der Waals surface area (Å²) >= 11 is 0. The second-order valence-corrected chi connectivity index (χ2v) is 6.56. The fourth-order valence-electron chi connectivity index (χ4n) is 3.45. The van der Waals surface area contributed by atoms with E-state index in [2.05, 4.69) is 17.4 Å². The first-order chi connectivity index (χ1) is 13.2. The van der Waals surface area contributed by atoms with E-state index in [0.717, 1.165) is 28.4 Å². The molecule has 0 unspecified atom stereocenters. The maximum absolute atomic E-state index is 12.5. The van der Waals surface area contributed by atoms with Crippen LogP contribution in [0.1, 0.15) is 18.4 Å². The van der Waals surface area contributed by atoms with Gasteiger partial charge in [0.15, 0.2) is 0 Å². The molecule has 4 rings (SSSR count). The van der Waals surface area contributed by atoms with Crippen molar-refractivity contribution in [3.8, 4) is 0 Å². The van der Waals surface area contributed by atoms with Crippen LogP contribution in [0.4, 0.5) is 11.4 Å². The number of benzene rings is 3. The largest absolute Gasteiger partial charge is 0.321 e. The number of fused-ring (bicyclic) bond motifs is 1. The van der Waals surface area contributed by atoms with Crippen molar-refractivity contribution >= 4 is 40.0 Å². The van der Waals surface area contributed by atoms with Crippen LogP contribution in [0.3, 0.4) is 0 Å². The van der Waals surface area contributed by atoms with Gasteiger partial charge in [0.05, 0.1) is 11.4 Å². The molecule has 4 nitrogen and oxygen atoms in total. The predicted octanol–water partition coefficient (Wildman–Crippen LogP) is 4.62. The minimum absolute atomic E-state index is 0.1000. The van der Waals surface area contributed by atoms with Crippen LogP contribution in [0.2, 0.25) is 0 Å². The third kappa shape index (κ3) is 3.60. The number of hydrogen-bond acceptors (Lipinski definition) is 2. The van der Waals surface area contributed by atoms with Gasteiger partial charge in [0.1, 0.15) is 0 Å². The van der Waals surface area contributed by atoms with Crippen LogP contribution in [0.15, 0.2) is 72.8 Å². The number of nitrogens with zero attached hydrogens (tertiary/aromatic N) is 1. The van der Waals surface area contributed by atoms with Crippen molar-refractivity contribution in [2.45, 2.75) is 12.8 Å². The van der Waals surface area contributed by atoms with Crippen LogP contribution in [0.5, 0.6) is 0 Å². The van der Waals surface area contributed by atoms with Gasteiger partial charge in [-0.25, -0.2) is 0 Å². The molecule has 2 amide bonds. The normalized spacial score (nSPS) is 14.2. The summed E-state index contributed by atoms with van der Waals surface area (Å²) in [5.74, 6) is -0.120. The standard InChI is InChI=1S/C23H20N2O2/c26-22(15-14-18-9-5-8-17-7-1-2-10-19(17)18)24-20-11-3-4-12-21(20)25-16-6-13-23(25)27/h1-5,7-12,14-15H,6,13,16H2,(H,24,26)/b15-14+. The number of hydrogen-bond donors (Lipinski definition) is 1. The van der Waals surface area contributed by atoms with E-state index in [1.807, 2.05) is 60.7 Å². The summed E-state index contributed by atoms with van der Waals surface area (Å²) in [6.45, 7) is 0.692. The zero-order valence-electron chi connectivity index (χ0n) is 14.9. The molecule has 0 bridgehead atoms. The average molecular weight is 356 g/mol. The lowest BCUT2D eigenvalue weighted by Gasteiger charge is -2.19. The molecule has 27 heavy (non-hydrogen) atoms. The topological polar surface area (TPSA) is 49.4 Å². The molecule has 1 aliphatic heterocycles. The second kappa shape index (κ2) is 7.46. The minimum Gasteiger partial charge on any atom is -0.321 e. The van der Waals surface area contributed by atoms with Crippen LogP contribution in [0.25, 0.3) is 16.8 Å². The van der Waals surface area contributed by atoms with E-state index in [1.54, 1.807) is 4.90 Å². The Kier molecular flexibility index (Phi) is 4.71. The van der Waals surface area contributed by atoms with Gasteiger partial charge >= 0.3 is 0 Å². The molecular weight excluding hydrogens is 336 g/mol. The second-order valence-electron chi connectivity index (χ2n) is 6.56. The Labute approximate surface area is 158 Å². The smallest absolute Gasteiger partial charge is 0.248 e. The first kappa shape index (κ1) is 17.0. The van der Waals surface area contributed by atoms with Crippen molar-refractivity contribution < 1.29 is 9.59 Å². The molecule has 0 saturated carbocycles. The Morgan fingerprint density at radius 1 is 0.963 bits per heavy atom. The van der Waals surface area contributed by atoms with Crippen molar-refractivity contribution in [3.05, 3.63) is 78.4 Å². The van der Waals surface area contributed by atoms with Gasteiger partial charge in [-0.3, -0.25) is 9.59 Å². The summed E-state index contributed by atoms with van der Waals surface area (Å²) < 4.78 is 0. The molecule has 0 radical (unpaired) electrons. The lowest BCUT2D eigenvalue weighted by atomic mass is 10.0. The third-order valence-electron chi connectivity index (χ3n) is 4.76. The Balaban J connectivity index is 1.55. The average Bonchev–Trinajstić information content (AvgIpc) is 3.12. The van der Waals surface area contributed by atoms with E-state index in [9.17, 15) is 9.59 Å². The number of para-hydroxylation sites is 2. The zero-order valence-corrected chi connectivity index (χ0v) is 14.9. The van der Waals surface area contributed by atoms with Gasteiger partial charge in [-0.05, 0) is 41.0 Å². The fraction of sp³-hybridized carbons (Fsp3) is 0.130. The van der Waals surface area contributed by atoms with E-state index >= 15 is 0 Å². The molecular formula is C23H20N2O2. The van der Waals surface area contributed by atoms with Gasteiger partial charge in [-0.15, -0.1) is 0 Å². The molecule has 134 valence electrons. The highest BCUT2D eigenvalue weighted by atomic mass is 16.2. The molecule has 1 saturated heterocycles. The number of anilines is 2. The number of amides is 2. The highest BCUT2D eigenvalue weighted by Gasteiger charge is 2.23. The fourth-order valence-corrected chi connectivity index (χ4v) is 3.45. The minimum atomic E-state index is -0.220. The predicted molar refractivity (Wildman–Crippen MR) is 110 cm³/mol.